The van der Waals surface area contributed by atoms with Gasteiger partial charge in [0.15, 0.2) is 0 Å². The first kappa shape index (κ1) is 21.8. The summed E-state index contributed by atoms with van der Waals surface area (Å²) in [6.07, 6.45) is 3.83. The molecular formula is C20H31FN4O4. The van der Waals surface area contributed by atoms with E-state index in [0.29, 0.717) is 5.89 Å². The Morgan fingerprint density at radius 1 is 1.34 bits per heavy atom. The first-order valence-electron chi connectivity index (χ1n) is 10.3. The first-order chi connectivity index (χ1) is 13.6. The lowest BCUT2D eigenvalue weighted by Gasteiger charge is -2.29. The van der Waals surface area contributed by atoms with E-state index in [1.54, 1.807) is 13.8 Å². The van der Waals surface area contributed by atoms with E-state index in [1.807, 2.05) is 0 Å². The molecule has 1 saturated heterocycles. The van der Waals surface area contributed by atoms with E-state index in [1.165, 1.54) is 11.3 Å². The zero-order valence-electron chi connectivity index (χ0n) is 17.4. The molecule has 1 amide bonds. The summed E-state index contributed by atoms with van der Waals surface area (Å²) in [6.45, 7) is 5.16. The number of hydrogen-bond acceptors (Lipinski definition) is 7. The number of amides is 1. The molecule has 0 spiro atoms. The van der Waals surface area contributed by atoms with Crippen LogP contribution in [0.1, 0.15) is 75.8 Å². The third-order valence-corrected chi connectivity index (χ3v) is 6.11. The standard InChI is InChI=1S/C20H31FN4O4/c1-19(2,12-26)22-10-15(27)25-11-13(21)9-14(25)16(28)17-23-18(29-24-17)20(3)7-5-4-6-8-20/h13-14,22,26H,4-12H2,1-3H3/t13-,14?/m0/s1. The van der Waals surface area contributed by atoms with Crippen molar-refractivity contribution in [2.24, 2.45) is 0 Å². The van der Waals surface area contributed by atoms with E-state index in [-0.39, 0.29) is 37.4 Å². The van der Waals surface area contributed by atoms with Gasteiger partial charge in [0.05, 0.1) is 19.7 Å². The molecule has 162 valence electrons. The number of carbonyl (C=O) groups excluding carboxylic acids is 2. The highest BCUT2D eigenvalue weighted by molar-refractivity contribution is 5.99. The highest BCUT2D eigenvalue weighted by Gasteiger charge is 2.43. The molecule has 0 radical (unpaired) electrons. The summed E-state index contributed by atoms with van der Waals surface area (Å²) >= 11 is 0. The second kappa shape index (κ2) is 8.47. The summed E-state index contributed by atoms with van der Waals surface area (Å²) in [5.41, 5.74) is -0.889. The van der Waals surface area contributed by atoms with Crippen molar-refractivity contribution in [3.05, 3.63) is 11.7 Å². The zero-order valence-corrected chi connectivity index (χ0v) is 17.4. The molecule has 1 aromatic heterocycles. The Morgan fingerprint density at radius 2 is 2.03 bits per heavy atom. The second-order valence-corrected chi connectivity index (χ2v) is 9.20. The molecule has 2 N–H and O–H groups in total. The van der Waals surface area contributed by atoms with Gasteiger partial charge in [0, 0.05) is 17.4 Å². The Labute approximate surface area is 170 Å². The predicted molar refractivity (Wildman–Crippen MR) is 103 cm³/mol. The molecule has 8 nitrogen and oxygen atoms in total. The molecule has 2 heterocycles. The van der Waals surface area contributed by atoms with Crippen LogP contribution >= 0.6 is 0 Å². The van der Waals surface area contributed by atoms with Crippen molar-refractivity contribution < 1.29 is 23.6 Å². The van der Waals surface area contributed by atoms with Gasteiger partial charge in [-0.1, -0.05) is 31.3 Å². The van der Waals surface area contributed by atoms with Gasteiger partial charge in [0.25, 0.3) is 0 Å². The molecule has 3 rings (SSSR count). The number of aromatic nitrogens is 2. The summed E-state index contributed by atoms with van der Waals surface area (Å²) < 4.78 is 19.5. The Morgan fingerprint density at radius 3 is 2.69 bits per heavy atom. The van der Waals surface area contributed by atoms with Gasteiger partial charge in [-0.2, -0.15) is 4.98 Å². The van der Waals surface area contributed by atoms with E-state index in [2.05, 4.69) is 22.4 Å². The Balaban J connectivity index is 1.71. The SMILES string of the molecule is CC(C)(CO)NCC(=O)N1C[C@@H](F)CC1C(=O)c1noc(C2(C)CCCCC2)n1. The number of Topliss-reactive ketones (excluding diaryl/α,β-unsaturated/α-hetero) is 1. The van der Waals surface area contributed by atoms with Crippen molar-refractivity contribution in [2.75, 3.05) is 19.7 Å². The van der Waals surface area contributed by atoms with E-state index < -0.39 is 29.4 Å². The summed E-state index contributed by atoms with van der Waals surface area (Å²) in [6, 6.07) is -0.943. The number of alkyl halides is 1. The first-order valence-corrected chi connectivity index (χ1v) is 10.3. The van der Waals surface area contributed by atoms with Gasteiger partial charge in [0.2, 0.25) is 23.4 Å². The second-order valence-electron chi connectivity index (χ2n) is 9.20. The predicted octanol–water partition coefficient (Wildman–Crippen LogP) is 1.77. The molecule has 1 unspecified atom stereocenters. The van der Waals surface area contributed by atoms with Crippen molar-refractivity contribution in [3.63, 3.8) is 0 Å². The fraction of sp³-hybridized carbons (Fsp3) is 0.800. The number of likely N-dealkylation sites (tertiary alicyclic amines) is 1. The van der Waals surface area contributed by atoms with Crippen molar-refractivity contribution in [2.45, 2.75) is 82.5 Å². The van der Waals surface area contributed by atoms with Gasteiger partial charge < -0.3 is 19.8 Å². The van der Waals surface area contributed by atoms with Crippen LogP contribution in [0.4, 0.5) is 4.39 Å². The summed E-state index contributed by atoms with van der Waals surface area (Å²) in [4.78, 5) is 31.1. The molecule has 2 fully saturated rings. The van der Waals surface area contributed by atoms with Gasteiger partial charge in [-0.3, -0.25) is 9.59 Å². The third kappa shape index (κ3) is 4.83. The average Bonchev–Trinajstić information content (AvgIpc) is 3.34. The van der Waals surface area contributed by atoms with E-state index >= 15 is 0 Å². The number of hydrogen-bond donors (Lipinski definition) is 2. The van der Waals surface area contributed by atoms with Gasteiger partial charge >= 0.3 is 0 Å². The maximum absolute atomic E-state index is 14.1. The topological polar surface area (TPSA) is 109 Å². The van der Waals surface area contributed by atoms with Crippen molar-refractivity contribution in [1.29, 1.82) is 0 Å². The number of rotatable bonds is 7. The zero-order chi connectivity index (χ0) is 21.2. The number of aliphatic hydroxyl groups excluding tert-OH is 1. The quantitative estimate of drug-likeness (QED) is 0.660. The number of nitrogens with zero attached hydrogens (tertiary/aromatic N) is 3. The van der Waals surface area contributed by atoms with Crippen LogP contribution in [-0.2, 0) is 10.2 Å². The number of halogens is 1. The molecule has 1 saturated carbocycles. The molecule has 2 atom stereocenters. The number of nitrogens with one attached hydrogen (secondary N) is 1. The Kier molecular flexibility index (Phi) is 6.38. The highest BCUT2D eigenvalue weighted by atomic mass is 19.1. The summed E-state index contributed by atoms with van der Waals surface area (Å²) in [5, 5.41) is 16.1. The highest BCUT2D eigenvalue weighted by Crippen LogP contribution is 2.38. The van der Waals surface area contributed by atoms with Gasteiger partial charge in [-0.25, -0.2) is 4.39 Å². The number of carbonyl (C=O) groups is 2. The van der Waals surface area contributed by atoms with Crippen LogP contribution in [-0.4, -0.2) is 69.3 Å². The van der Waals surface area contributed by atoms with Crippen LogP contribution in [0, 0.1) is 0 Å². The van der Waals surface area contributed by atoms with Crippen molar-refractivity contribution in [3.8, 4) is 0 Å². The minimum Gasteiger partial charge on any atom is -0.394 e. The number of aliphatic hydroxyl groups is 1. The van der Waals surface area contributed by atoms with Crippen LogP contribution in [0.25, 0.3) is 0 Å². The monoisotopic (exact) mass is 410 g/mol. The van der Waals surface area contributed by atoms with Gasteiger partial charge in [-0.05, 0) is 26.7 Å². The van der Waals surface area contributed by atoms with Crippen LogP contribution in [0.3, 0.4) is 0 Å². The minimum atomic E-state index is -1.28. The fourth-order valence-electron chi connectivity index (χ4n) is 4.04. The molecule has 29 heavy (non-hydrogen) atoms. The molecule has 9 heteroatoms. The molecular weight excluding hydrogens is 379 g/mol. The lowest BCUT2D eigenvalue weighted by atomic mass is 9.75. The molecule has 0 aromatic carbocycles. The Bertz CT molecular complexity index is 745. The lowest BCUT2D eigenvalue weighted by molar-refractivity contribution is -0.131. The van der Waals surface area contributed by atoms with Gasteiger partial charge in [0.1, 0.15) is 12.2 Å². The van der Waals surface area contributed by atoms with Crippen molar-refractivity contribution in [1.82, 2.24) is 20.4 Å². The Hall–Kier alpha value is -1.87. The maximum Gasteiger partial charge on any atom is 0.240 e. The number of ketones is 1. The third-order valence-electron chi connectivity index (χ3n) is 6.11. The normalized spacial score (nSPS) is 24.7. The largest absolute Gasteiger partial charge is 0.394 e. The van der Waals surface area contributed by atoms with Crippen molar-refractivity contribution >= 4 is 11.7 Å². The van der Waals surface area contributed by atoms with Crippen LogP contribution in [0.2, 0.25) is 0 Å². The van der Waals surface area contributed by atoms with E-state index in [9.17, 15) is 19.1 Å². The average molecular weight is 410 g/mol. The minimum absolute atomic E-state index is 0.0743. The molecule has 1 aliphatic heterocycles. The summed E-state index contributed by atoms with van der Waals surface area (Å²) in [5.74, 6) is -0.533. The van der Waals surface area contributed by atoms with E-state index in [4.69, 9.17) is 4.52 Å². The fourth-order valence-corrected chi connectivity index (χ4v) is 4.04. The molecule has 1 aliphatic carbocycles. The summed E-state index contributed by atoms with van der Waals surface area (Å²) in [7, 11) is 0. The molecule has 2 aliphatic rings. The smallest absolute Gasteiger partial charge is 0.240 e. The van der Waals surface area contributed by atoms with E-state index in [0.717, 1.165) is 25.7 Å². The van der Waals surface area contributed by atoms with Crippen LogP contribution in [0.15, 0.2) is 4.52 Å². The molecule has 1 aromatic rings. The van der Waals surface area contributed by atoms with Gasteiger partial charge in [-0.15, -0.1) is 0 Å². The van der Waals surface area contributed by atoms with Crippen LogP contribution < -0.4 is 5.32 Å². The van der Waals surface area contributed by atoms with Crippen LogP contribution in [0.5, 0.6) is 0 Å². The maximum atomic E-state index is 14.1. The molecule has 0 bridgehead atoms. The lowest BCUT2D eigenvalue weighted by Crippen LogP contribution is -2.50.